The zero-order valence-electron chi connectivity index (χ0n) is 17.4. The van der Waals surface area contributed by atoms with Crippen LogP contribution in [-0.4, -0.2) is 57.4 Å². The predicted molar refractivity (Wildman–Crippen MR) is 113 cm³/mol. The SMILES string of the molecule is CN=C(NCCOc1ccc(C(F)(F)F)cn1)NC1CCN(c2ccccc2OC)C1. The van der Waals surface area contributed by atoms with Crippen molar-refractivity contribution in [3.63, 3.8) is 0 Å². The van der Waals surface area contributed by atoms with Crippen LogP contribution in [0.1, 0.15) is 12.0 Å². The predicted octanol–water partition coefficient (Wildman–Crippen LogP) is 2.93. The number of rotatable bonds is 7. The first-order chi connectivity index (χ1) is 14.9. The van der Waals surface area contributed by atoms with Crippen molar-refractivity contribution in [2.45, 2.75) is 18.6 Å². The van der Waals surface area contributed by atoms with Gasteiger partial charge in [0.25, 0.3) is 0 Å². The summed E-state index contributed by atoms with van der Waals surface area (Å²) in [6.07, 6.45) is -2.70. The normalized spacial score (nSPS) is 16.9. The van der Waals surface area contributed by atoms with Gasteiger partial charge >= 0.3 is 6.18 Å². The van der Waals surface area contributed by atoms with Crippen LogP contribution >= 0.6 is 0 Å². The number of para-hydroxylation sites is 2. The van der Waals surface area contributed by atoms with Gasteiger partial charge in [-0.05, 0) is 24.6 Å². The van der Waals surface area contributed by atoms with E-state index >= 15 is 0 Å². The van der Waals surface area contributed by atoms with E-state index < -0.39 is 11.7 Å². The largest absolute Gasteiger partial charge is 0.495 e. The maximum Gasteiger partial charge on any atom is 0.417 e. The smallest absolute Gasteiger partial charge is 0.417 e. The minimum atomic E-state index is -4.41. The van der Waals surface area contributed by atoms with Crippen LogP contribution in [0.2, 0.25) is 0 Å². The lowest BCUT2D eigenvalue weighted by Gasteiger charge is -2.22. The van der Waals surface area contributed by atoms with Gasteiger partial charge in [-0.15, -0.1) is 0 Å². The molecule has 1 fully saturated rings. The highest BCUT2D eigenvalue weighted by atomic mass is 19.4. The Bertz CT molecular complexity index is 874. The van der Waals surface area contributed by atoms with Crippen molar-refractivity contribution < 1.29 is 22.6 Å². The summed E-state index contributed by atoms with van der Waals surface area (Å²) in [6, 6.07) is 10.3. The van der Waals surface area contributed by atoms with Crippen molar-refractivity contribution in [1.82, 2.24) is 15.6 Å². The van der Waals surface area contributed by atoms with Crippen LogP contribution < -0.4 is 25.0 Å². The highest BCUT2D eigenvalue weighted by Crippen LogP contribution is 2.30. The highest BCUT2D eigenvalue weighted by Gasteiger charge is 2.30. The molecule has 3 rings (SSSR count). The Kier molecular flexibility index (Phi) is 7.43. The summed E-state index contributed by atoms with van der Waals surface area (Å²) >= 11 is 0. The number of nitrogens with zero attached hydrogens (tertiary/aromatic N) is 3. The molecule has 0 spiro atoms. The number of hydrogen-bond acceptors (Lipinski definition) is 5. The molecule has 168 valence electrons. The molecule has 1 atom stereocenters. The molecule has 0 radical (unpaired) electrons. The third kappa shape index (κ3) is 6.16. The molecule has 1 aliphatic heterocycles. The maximum absolute atomic E-state index is 12.6. The van der Waals surface area contributed by atoms with Crippen molar-refractivity contribution >= 4 is 11.6 Å². The Morgan fingerprint density at radius 3 is 2.74 bits per heavy atom. The van der Waals surface area contributed by atoms with Crippen molar-refractivity contribution in [1.29, 1.82) is 0 Å². The van der Waals surface area contributed by atoms with Gasteiger partial charge in [-0.25, -0.2) is 4.98 Å². The summed E-state index contributed by atoms with van der Waals surface area (Å²) in [5.41, 5.74) is 0.260. The van der Waals surface area contributed by atoms with E-state index in [1.54, 1.807) is 14.2 Å². The van der Waals surface area contributed by atoms with Crippen LogP contribution in [0.3, 0.4) is 0 Å². The van der Waals surface area contributed by atoms with Crippen LogP contribution in [0.5, 0.6) is 11.6 Å². The average molecular weight is 437 g/mol. The molecule has 31 heavy (non-hydrogen) atoms. The first-order valence-electron chi connectivity index (χ1n) is 9.92. The van der Waals surface area contributed by atoms with Crippen molar-refractivity contribution in [3.8, 4) is 11.6 Å². The fourth-order valence-corrected chi connectivity index (χ4v) is 3.33. The van der Waals surface area contributed by atoms with Gasteiger partial charge in [-0.2, -0.15) is 13.2 Å². The number of benzene rings is 1. The summed E-state index contributed by atoms with van der Waals surface area (Å²) in [5, 5.41) is 6.53. The second-order valence-corrected chi connectivity index (χ2v) is 6.98. The number of methoxy groups -OCH3 is 1. The molecule has 2 aromatic rings. The number of hydrogen-bond donors (Lipinski definition) is 2. The Morgan fingerprint density at radius 1 is 1.26 bits per heavy atom. The lowest BCUT2D eigenvalue weighted by Crippen LogP contribution is -2.45. The molecule has 1 unspecified atom stereocenters. The minimum Gasteiger partial charge on any atom is -0.495 e. The Hall–Kier alpha value is -3.17. The first kappa shape index (κ1) is 22.5. The fraction of sp³-hybridized carbons (Fsp3) is 0.429. The first-order valence-corrected chi connectivity index (χ1v) is 9.92. The monoisotopic (exact) mass is 437 g/mol. The second-order valence-electron chi connectivity index (χ2n) is 6.98. The van der Waals surface area contributed by atoms with Gasteiger partial charge in [0.05, 0.1) is 24.9 Å². The second kappa shape index (κ2) is 10.2. The van der Waals surface area contributed by atoms with E-state index in [0.717, 1.165) is 43.2 Å². The highest BCUT2D eigenvalue weighted by molar-refractivity contribution is 5.80. The fourth-order valence-electron chi connectivity index (χ4n) is 3.33. The van der Waals surface area contributed by atoms with Crippen molar-refractivity contribution in [2.24, 2.45) is 4.99 Å². The van der Waals surface area contributed by atoms with E-state index in [2.05, 4.69) is 25.5 Å². The summed E-state index contributed by atoms with van der Waals surface area (Å²) in [6.45, 7) is 2.37. The number of guanidine groups is 1. The third-order valence-corrected chi connectivity index (χ3v) is 4.89. The summed E-state index contributed by atoms with van der Waals surface area (Å²) < 4.78 is 48.5. The van der Waals surface area contributed by atoms with E-state index in [0.29, 0.717) is 12.5 Å². The number of alkyl halides is 3. The molecule has 1 aromatic carbocycles. The number of aliphatic imine (C=N–C) groups is 1. The van der Waals surface area contributed by atoms with Gasteiger partial charge in [0.2, 0.25) is 5.88 Å². The molecule has 0 saturated carbocycles. The summed E-state index contributed by atoms with van der Waals surface area (Å²) in [5.74, 6) is 1.62. The molecule has 1 aromatic heterocycles. The molecule has 7 nitrogen and oxygen atoms in total. The molecule has 10 heteroatoms. The van der Waals surface area contributed by atoms with Gasteiger partial charge in [0, 0.05) is 38.4 Å². The standard InChI is InChI=1S/C21H26F3N5O2/c1-25-20(26-10-12-31-19-8-7-15(13-27-19)21(22,23)24)28-16-9-11-29(14-16)17-5-3-4-6-18(17)30-2/h3-8,13,16H,9-12,14H2,1-2H3,(H2,25,26,28). The molecule has 0 bridgehead atoms. The van der Waals surface area contributed by atoms with Crippen LogP contribution in [-0.2, 0) is 6.18 Å². The average Bonchev–Trinajstić information content (AvgIpc) is 3.23. The number of ether oxygens (including phenoxy) is 2. The van der Waals surface area contributed by atoms with E-state index in [-0.39, 0.29) is 18.5 Å². The molecular weight excluding hydrogens is 411 g/mol. The number of nitrogens with one attached hydrogen (secondary N) is 2. The Morgan fingerprint density at radius 2 is 2.06 bits per heavy atom. The zero-order chi connectivity index (χ0) is 22.3. The van der Waals surface area contributed by atoms with E-state index in [1.165, 1.54) is 6.07 Å². The Labute approximate surface area is 179 Å². The summed E-state index contributed by atoms with van der Waals surface area (Å²) in [4.78, 5) is 10.2. The minimum absolute atomic E-state index is 0.140. The quantitative estimate of drug-likeness (QED) is 0.394. The van der Waals surface area contributed by atoms with Crippen LogP contribution in [0.15, 0.2) is 47.6 Å². The number of aromatic nitrogens is 1. The number of anilines is 1. The molecule has 0 amide bonds. The van der Waals surface area contributed by atoms with Gasteiger partial charge in [-0.3, -0.25) is 4.99 Å². The number of halogens is 3. The number of pyridine rings is 1. The molecule has 1 aliphatic rings. The Balaban J connectivity index is 1.42. The van der Waals surface area contributed by atoms with Crippen LogP contribution in [0, 0.1) is 0 Å². The van der Waals surface area contributed by atoms with Gasteiger partial charge < -0.3 is 25.0 Å². The lowest BCUT2D eigenvalue weighted by molar-refractivity contribution is -0.137. The van der Waals surface area contributed by atoms with Crippen LogP contribution in [0.25, 0.3) is 0 Å². The van der Waals surface area contributed by atoms with Crippen molar-refractivity contribution in [3.05, 3.63) is 48.2 Å². The molecular formula is C21H26F3N5O2. The molecule has 2 heterocycles. The molecule has 2 N–H and O–H groups in total. The van der Waals surface area contributed by atoms with E-state index in [9.17, 15) is 13.2 Å². The van der Waals surface area contributed by atoms with Gasteiger partial charge in [0.15, 0.2) is 5.96 Å². The molecule has 1 saturated heterocycles. The molecule has 0 aliphatic carbocycles. The van der Waals surface area contributed by atoms with Gasteiger partial charge in [0.1, 0.15) is 12.4 Å². The summed E-state index contributed by atoms with van der Waals surface area (Å²) in [7, 11) is 3.35. The maximum atomic E-state index is 12.6. The topological polar surface area (TPSA) is 71.0 Å². The van der Waals surface area contributed by atoms with Crippen molar-refractivity contribution in [2.75, 3.05) is 45.3 Å². The third-order valence-electron chi connectivity index (χ3n) is 4.89. The van der Waals surface area contributed by atoms with Crippen LogP contribution in [0.4, 0.5) is 18.9 Å². The van der Waals surface area contributed by atoms with E-state index in [4.69, 9.17) is 9.47 Å². The zero-order valence-corrected chi connectivity index (χ0v) is 17.4. The van der Waals surface area contributed by atoms with E-state index in [1.807, 2.05) is 24.3 Å². The lowest BCUT2D eigenvalue weighted by atomic mass is 10.2. The van der Waals surface area contributed by atoms with Gasteiger partial charge in [-0.1, -0.05) is 12.1 Å².